The van der Waals surface area contributed by atoms with Gasteiger partial charge < -0.3 is 14.8 Å². The number of imidazole rings is 1. The zero-order chi connectivity index (χ0) is 15.4. The topological polar surface area (TPSA) is 36.3 Å². The zero-order valence-corrected chi connectivity index (χ0v) is 14.2. The minimum atomic E-state index is 0.407. The molecule has 0 spiro atoms. The molecule has 0 radical (unpaired) electrons. The minimum Gasteiger partial charge on any atom is -0.336 e. The van der Waals surface area contributed by atoms with Gasteiger partial charge in [-0.3, -0.25) is 4.90 Å². The Bertz CT molecular complexity index is 430. The van der Waals surface area contributed by atoms with Crippen LogP contribution in [0.25, 0.3) is 0 Å². The average molecular weight is 305 g/mol. The summed E-state index contributed by atoms with van der Waals surface area (Å²) < 4.78 is 2.16. The first-order chi connectivity index (χ1) is 10.7. The molecule has 5 nitrogen and oxygen atoms in total. The molecule has 0 bridgehead atoms. The third kappa shape index (κ3) is 3.70. The largest absolute Gasteiger partial charge is 0.336 e. The summed E-state index contributed by atoms with van der Waals surface area (Å²) >= 11 is 0. The number of nitrogens with one attached hydrogen (secondary N) is 1. The Morgan fingerprint density at radius 1 is 1.18 bits per heavy atom. The summed E-state index contributed by atoms with van der Waals surface area (Å²) in [6, 6.07) is 0.485. The van der Waals surface area contributed by atoms with Crippen LogP contribution >= 0.6 is 0 Å². The van der Waals surface area contributed by atoms with Crippen LogP contribution in [0.4, 0.5) is 0 Å². The molecule has 1 saturated heterocycles. The van der Waals surface area contributed by atoms with Gasteiger partial charge >= 0.3 is 0 Å². The monoisotopic (exact) mass is 305 g/mol. The molecule has 5 heteroatoms. The number of nitrogens with zero attached hydrogens (tertiary/aromatic N) is 4. The first kappa shape index (κ1) is 16.0. The van der Waals surface area contributed by atoms with Crippen molar-refractivity contribution in [3.05, 3.63) is 18.7 Å². The quantitative estimate of drug-likeness (QED) is 0.862. The molecule has 2 aliphatic rings. The third-order valence-electron chi connectivity index (χ3n) is 5.53. The predicted octanol–water partition coefficient (Wildman–Crippen LogP) is 1.42. The summed E-state index contributed by atoms with van der Waals surface area (Å²) in [6.07, 6.45) is 11.3. The van der Waals surface area contributed by atoms with Crippen LogP contribution in [0.1, 0.15) is 32.6 Å². The van der Waals surface area contributed by atoms with Crippen molar-refractivity contribution in [3.63, 3.8) is 0 Å². The molecule has 3 rings (SSSR count). The maximum absolute atomic E-state index is 4.13. The van der Waals surface area contributed by atoms with E-state index in [1.54, 1.807) is 0 Å². The lowest BCUT2D eigenvalue weighted by atomic mass is 9.93. The molecule has 2 heterocycles. The maximum atomic E-state index is 4.13. The Hall–Kier alpha value is -0.910. The summed E-state index contributed by atoms with van der Waals surface area (Å²) in [7, 11) is 2.24. The fourth-order valence-electron chi connectivity index (χ4n) is 4.06. The highest BCUT2D eigenvalue weighted by atomic mass is 15.3. The molecule has 0 aromatic carbocycles. The number of hydrogen-bond donors (Lipinski definition) is 1. The Morgan fingerprint density at radius 2 is 1.91 bits per heavy atom. The first-order valence-electron chi connectivity index (χ1n) is 8.81. The number of hydrogen-bond acceptors (Lipinski definition) is 4. The van der Waals surface area contributed by atoms with E-state index in [9.17, 15) is 0 Å². The lowest BCUT2D eigenvalue weighted by molar-refractivity contribution is 0.0409. The van der Waals surface area contributed by atoms with E-state index in [0.29, 0.717) is 11.6 Å². The van der Waals surface area contributed by atoms with Crippen molar-refractivity contribution in [2.24, 2.45) is 0 Å². The van der Waals surface area contributed by atoms with Gasteiger partial charge in [-0.2, -0.15) is 0 Å². The van der Waals surface area contributed by atoms with Gasteiger partial charge in [-0.15, -0.1) is 0 Å². The standard InChI is InChI=1S/C17H31N5/c1-16(13-21-8-7-18-15-21)19-14-17(5-3-4-6-17)22-11-9-20(2)10-12-22/h7-8,15-16,19H,3-6,9-14H2,1-2H3/t16-/m0/s1. The van der Waals surface area contributed by atoms with E-state index in [4.69, 9.17) is 0 Å². The van der Waals surface area contributed by atoms with E-state index >= 15 is 0 Å². The van der Waals surface area contributed by atoms with Crippen LogP contribution in [0, 0.1) is 0 Å². The van der Waals surface area contributed by atoms with Crippen molar-refractivity contribution in [2.75, 3.05) is 39.8 Å². The minimum absolute atomic E-state index is 0.407. The molecule has 22 heavy (non-hydrogen) atoms. The van der Waals surface area contributed by atoms with E-state index < -0.39 is 0 Å². The SMILES string of the molecule is C[C@@H](Cn1ccnc1)NCC1(N2CCN(C)CC2)CCCC1. The number of aromatic nitrogens is 2. The summed E-state index contributed by atoms with van der Waals surface area (Å²) in [5, 5.41) is 3.81. The van der Waals surface area contributed by atoms with Crippen LogP contribution in [0.2, 0.25) is 0 Å². The lowest BCUT2D eigenvalue weighted by Gasteiger charge is -2.46. The van der Waals surface area contributed by atoms with Gasteiger partial charge in [-0.25, -0.2) is 4.98 Å². The second-order valence-electron chi connectivity index (χ2n) is 7.26. The second kappa shape index (κ2) is 7.11. The Morgan fingerprint density at radius 3 is 2.55 bits per heavy atom. The highest BCUT2D eigenvalue weighted by Crippen LogP contribution is 2.35. The van der Waals surface area contributed by atoms with E-state index in [2.05, 4.69) is 38.6 Å². The van der Waals surface area contributed by atoms with Gasteiger partial charge in [0, 0.05) is 63.2 Å². The maximum Gasteiger partial charge on any atom is 0.0946 e. The van der Waals surface area contributed by atoms with Gasteiger partial charge in [-0.05, 0) is 26.8 Å². The molecule has 2 fully saturated rings. The highest BCUT2D eigenvalue weighted by molar-refractivity contribution is 4.98. The number of piperazine rings is 1. The molecule has 0 unspecified atom stereocenters. The van der Waals surface area contributed by atoms with Crippen molar-refractivity contribution in [2.45, 2.75) is 50.7 Å². The zero-order valence-electron chi connectivity index (χ0n) is 14.2. The summed E-state index contributed by atoms with van der Waals surface area (Å²) in [4.78, 5) is 9.36. The molecule has 0 amide bonds. The van der Waals surface area contributed by atoms with Crippen LogP contribution in [-0.2, 0) is 6.54 Å². The van der Waals surface area contributed by atoms with Gasteiger partial charge in [0.15, 0.2) is 0 Å². The molecule has 1 saturated carbocycles. The highest BCUT2D eigenvalue weighted by Gasteiger charge is 2.40. The van der Waals surface area contributed by atoms with Crippen molar-refractivity contribution >= 4 is 0 Å². The molecular formula is C17H31N5. The Balaban J connectivity index is 1.55. The van der Waals surface area contributed by atoms with Crippen LogP contribution < -0.4 is 5.32 Å². The summed E-state index contributed by atoms with van der Waals surface area (Å²) in [5.41, 5.74) is 0.407. The van der Waals surface area contributed by atoms with Crippen LogP contribution in [0.5, 0.6) is 0 Å². The van der Waals surface area contributed by atoms with E-state index in [0.717, 1.165) is 13.1 Å². The molecule has 1 atom stereocenters. The predicted molar refractivity (Wildman–Crippen MR) is 90.0 cm³/mol. The normalized spacial score (nSPS) is 24.6. The fraction of sp³-hybridized carbons (Fsp3) is 0.824. The fourth-order valence-corrected chi connectivity index (χ4v) is 4.06. The van der Waals surface area contributed by atoms with Gasteiger partial charge in [-0.1, -0.05) is 12.8 Å². The van der Waals surface area contributed by atoms with Crippen LogP contribution in [0.3, 0.4) is 0 Å². The van der Waals surface area contributed by atoms with Crippen LogP contribution in [-0.4, -0.2) is 70.7 Å². The van der Waals surface area contributed by atoms with Crippen molar-refractivity contribution in [3.8, 4) is 0 Å². The Kier molecular flexibility index (Phi) is 5.16. The van der Waals surface area contributed by atoms with Crippen molar-refractivity contribution in [1.82, 2.24) is 24.7 Å². The van der Waals surface area contributed by atoms with E-state index in [1.165, 1.54) is 51.9 Å². The molecule has 1 aliphatic heterocycles. The second-order valence-corrected chi connectivity index (χ2v) is 7.26. The van der Waals surface area contributed by atoms with Crippen molar-refractivity contribution < 1.29 is 0 Å². The lowest BCUT2D eigenvalue weighted by Crippen LogP contribution is -2.59. The van der Waals surface area contributed by atoms with Gasteiger partial charge in [0.05, 0.1) is 6.33 Å². The average Bonchev–Trinajstić information content (AvgIpc) is 3.18. The molecule has 1 aliphatic carbocycles. The Labute approximate surface area is 134 Å². The molecular weight excluding hydrogens is 274 g/mol. The van der Waals surface area contributed by atoms with Gasteiger partial charge in [0.25, 0.3) is 0 Å². The molecule has 1 aromatic heterocycles. The van der Waals surface area contributed by atoms with E-state index in [1.807, 2.05) is 18.7 Å². The molecule has 1 aromatic rings. The van der Waals surface area contributed by atoms with Crippen LogP contribution in [0.15, 0.2) is 18.7 Å². The molecule has 1 N–H and O–H groups in total. The first-order valence-corrected chi connectivity index (χ1v) is 8.81. The summed E-state index contributed by atoms with van der Waals surface area (Å²) in [6.45, 7) is 9.30. The number of likely N-dealkylation sites (N-methyl/N-ethyl adjacent to an activating group) is 1. The number of rotatable bonds is 6. The van der Waals surface area contributed by atoms with Gasteiger partial charge in [0.2, 0.25) is 0 Å². The molecule has 124 valence electrons. The smallest absolute Gasteiger partial charge is 0.0946 e. The third-order valence-corrected chi connectivity index (χ3v) is 5.53. The van der Waals surface area contributed by atoms with E-state index in [-0.39, 0.29) is 0 Å². The summed E-state index contributed by atoms with van der Waals surface area (Å²) in [5.74, 6) is 0. The van der Waals surface area contributed by atoms with Gasteiger partial charge in [0.1, 0.15) is 0 Å². The van der Waals surface area contributed by atoms with Crippen molar-refractivity contribution in [1.29, 1.82) is 0 Å².